The molecule has 29 heavy (non-hydrogen) atoms. The number of hydrogen-bond acceptors (Lipinski definition) is 6. The first-order chi connectivity index (χ1) is 14.1. The Hall–Kier alpha value is -2.87. The predicted octanol–water partition coefficient (Wildman–Crippen LogP) is 2.73. The van der Waals surface area contributed by atoms with Crippen LogP contribution in [0, 0.1) is 0 Å². The summed E-state index contributed by atoms with van der Waals surface area (Å²) in [7, 11) is 3.23. The second kappa shape index (κ2) is 10.1. The maximum absolute atomic E-state index is 12.0. The molecule has 2 amide bonds. The van der Waals surface area contributed by atoms with Gasteiger partial charge in [-0.05, 0) is 35.4 Å². The summed E-state index contributed by atoms with van der Waals surface area (Å²) in [5, 5.41) is 5.47. The topological polar surface area (TPSA) is 85.9 Å². The van der Waals surface area contributed by atoms with Crippen LogP contribution in [0.4, 0.5) is 4.79 Å². The van der Waals surface area contributed by atoms with E-state index in [4.69, 9.17) is 14.2 Å². The van der Waals surface area contributed by atoms with Crippen LogP contribution < -0.4 is 20.1 Å². The highest BCUT2D eigenvalue weighted by atomic mass is 32.2. The van der Waals surface area contributed by atoms with Crippen molar-refractivity contribution >= 4 is 23.8 Å². The molecule has 1 fully saturated rings. The number of benzene rings is 2. The molecule has 2 N–H and O–H groups in total. The minimum Gasteiger partial charge on any atom is -0.497 e. The average Bonchev–Trinajstić information content (AvgIpc) is 2.76. The molecule has 1 aliphatic rings. The largest absolute Gasteiger partial charge is 0.497 e. The van der Waals surface area contributed by atoms with Crippen molar-refractivity contribution in [3.8, 4) is 11.5 Å². The van der Waals surface area contributed by atoms with Crippen molar-refractivity contribution in [2.75, 3.05) is 20.0 Å². The van der Waals surface area contributed by atoms with Gasteiger partial charge in [-0.2, -0.15) is 11.8 Å². The van der Waals surface area contributed by atoms with Gasteiger partial charge in [0, 0.05) is 11.5 Å². The van der Waals surface area contributed by atoms with Gasteiger partial charge in [0.05, 0.1) is 20.3 Å². The third-order valence-electron chi connectivity index (χ3n) is 4.54. The molecular formula is C21H24N2O5S. The lowest BCUT2D eigenvalue weighted by molar-refractivity contribution is -0.130. The minimum absolute atomic E-state index is 0.112. The number of β-lactam (4-membered cyclic amide) rings is 1. The first-order valence-corrected chi connectivity index (χ1v) is 10.3. The van der Waals surface area contributed by atoms with Crippen LogP contribution in [0.15, 0.2) is 48.5 Å². The minimum atomic E-state index is -0.606. The highest BCUT2D eigenvalue weighted by Crippen LogP contribution is 2.20. The number of thioether (sulfide) groups is 1. The molecule has 0 spiro atoms. The molecule has 2 aromatic carbocycles. The summed E-state index contributed by atoms with van der Waals surface area (Å²) in [6.45, 7) is 0.126. The second-order valence-electron chi connectivity index (χ2n) is 6.52. The monoisotopic (exact) mass is 416 g/mol. The molecule has 0 aromatic heterocycles. The molecular weight excluding hydrogens is 392 g/mol. The zero-order chi connectivity index (χ0) is 20.6. The third kappa shape index (κ3) is 5.80. The van der Waals surface area contributed by atoms with Gasteiger partial charge in [-0.3, -0.25) is 4.79 Å². The van der Waals surface area contributed by atoms with E-state index < -0.39 is 12.1 Å². The molecule has 1 saturated heterocycles. The number of carbonyl (C=O) groups is 2. The Labute approximate surface area is 174 Å². The van der Waals surface area contributed by atoms with Crippen LogP contribution in [0.25, 0.3) is 0 Å². The summed E-state index contributed by atoms with van der Waals surface area (Å²) in [6.07, 6.45) is -0.606. The summed E-state index contributed by atoms with van der Waals surface area (Å²) in [6, 6.07) is 14.4. The van der Waals surface area contributed by atoms with E-state index in [2.05, 4.69) is 10.6 Å². The van der Waals surface area contributed by atoms with Gasteiger partial charge in [-0.15, -0.1) is 0 Å². The Bertz CT molecular complexity index is 826. The fraction of sp³-hybridized carbons (Fsp3) is 0.333. The van der Waals surface area contributed by atoms with E-state index in [1.807, 2.05) is 36.4 Å². The van der Waals surface area contributed by atoms with Gasteiger partial charge >= 0.3 is 6.09 Å². The molecule has 2 aromatic rings. The number of rotatable bonds is 9. The molecule has 0 saturated carbocycles. The van der Waals surface area contributed by atoms with E-state index in [9.17, 15) is 9.59 Å². The van der Waals surface area contributed by atoms with E-state index in [1.54, 1.807) is 38.1 Å². The Morgan fingerprint density at radius 2 is 1.59 bits per heavy atom. The standard InChI is InChI=1S/C21H24N2O5S/c1-26-16-7-3-14(4-8-16)11-28-21(25)23-19-18(22-20(19)24)13-29-12-15-5-9-17(27-2)10-6-15/h3-10,18-19H,11-13H2,1-2H3,(H,22,24)(H,23,25)/t18-,19+/m0/s1. The second-order valence-corrected chi connectivity index (χ2v) is 7.55. The molecule has 1 heterocycles. The molecule has 2 atom stereocenters. The van der Waals surface area contributed by atoms with Crippen molar-refractivity contribution in [3.63, 3.8) is 0 Å². The van der Waals surface area contributed by atoms with Gasteiger partial charge in [0.15, 0.2) is 0 Å². The summed E-state index contributed by atoms with van der Waals surface area (Å²) >= 11 is 1.69. The fourth-order valence-electron chi connectivity index (χ4n) is 2.81. The molecule has 0 aliphatic carbocycles. The van der Waals surface area contributed by atoms with E-state index >= 15 is 0 Å². The number of nitrogens with one attached hydrogen (secondary N) is 2. The van der Waals surface area contributed by atoms with Crippen molar-refractivity contribution in [1.82, 2.24) is 10.6 Å². The van der Waals surface area contributed by atoms with E-state index in [1.165, 1.54) is 5.56 Å². The van der Waals surface area contributed by atoms with Gasteiger partial charge in [-0.1, -0.05) is 24.3 Å². The van der Waals surface area contributed by atoms with Gasteiger partial charge in [0.25, 0.3) is 0 Å². The number of amides is 2. The van der Waals surface area contributed by atoms with Crippen LogP contribution >= 0.6 is 11.8 Å². The van der Waals surface area contributed by atoms with Crippen molar-refractivity contribution in [3.05, 3.63) is 59.7 Å². The zero-order valence-electron chi connectivity index (χ0n) is 16.3. The average molecular weight is 416 g/mol. The number of methoxy groups -OCH3 is 2. The SMILES string of the molecule is COc1ccc(COC(=O)N[C@H]2C(=O)N[C@H]2CSCc2ccc(OC)cc2)cc1. The normalized spacial score (nSPS) is 17.7. The van der Waals surface area contributed by atoms with Crippen LogP contribution in [0.3, 0.4) is 0 Å². The quantitative estimate of drug-likeness (QED) is 0.612. The van der Waals surface area contributed by atoms with Crippen molar-refractivity contribution in [2.45, 2.75) is 24.4 Å². The van der Waals surface area contributed by atoms with E-state index in [0.717, 1.165) is 22.8 Å². The molecule has 1 aliphatic heterocycles. The molecule has 8 heteroatoms. The molecule has 0 bridgehead atoms. The smallest absolute Gasteiger partial charge is 0.408 e. The van der Waals surface area contributed by atoms with Crippen LogP contribution in [0.5, 0.6) is 11.5 Å². The Morgan fingerprint density at radius 1 is 1.00 bits per heavy atom. The fourth-order valence-corrected chi connectivity index (χ4v) is 3.89. The van der Waals surface area contributed by atoms with Crippen molar-refractivity contribution < 1.29 is 23.8 Å². The van der Waals surface area contributed by atoms with E-state index in [-0.39, 0.29) is 18.6 Å². The predicted molar refractivity (Wildman–Crippen MR) is 111 cm³/mol. The summed E-state index contributed by atoms with van der Waals surface area (Å²) in [4.78, 5) is 23.8. The molecule has 3 rings (SSSR count). The maximum atomic E-state index is 12.0. The van der Waals surface area contributed by atoms with Gasteiger partial charge in [0.2, 0.25) is 5.91 Å². The summed E-state index contributed by atoms with van der Waals surface area (Å²) in [5.41, 5.74) is 2.01. The van der Waals surface area contributed by atoms with Crippen LogP contribution in [0.2, 0.25) is 0 Å². The lowest BCUT2D eigenvalue weighted by Crippen LogP contribution is -2.70. The van der Waals surface area contributed by atoms with Gasteiger partial charge in [0.1, 0.15) is 24.1 Å². The van der Waals surface area contributed by atoms with Crippen molar-refractivity contribution in [1.29, 1.82) is 0 Å². The van der Waals surface area contributed by atoms with Gasteiger partial charge < -0.3 is 24.8 Å². The number of alkyl carbamates (subject to hydrolysis) is 1. The number of ether oxygens (including phenoxy) is 3. The van der Waals surface area contributed by atoms with Crippen LogP contribution in [-0.2, 0) is 21.9 Å². The summed E-state index contributed by atoms with van der Waals surface area (Å²) < 4.78 is 15.5. The number of carbonyl (C=O) groups excluding carboxylic acids is 2. The van der Waals surface area contributed by atoms with Crippen LogP contribution in [0.1, 0.15) is 11.1 Å². The lowest BCUT2D eigenvalue weighted by Gasteiger charge is -2.36. The van der Waals surface area contributed by atoms with E-state index in [0.29, 0.717) is 5.75 Å². The number of hydrogen-bond donors (Lipinski definition) is 2. The van der Waals surface area contributed by atoms with Gasteiger partial charge in [-0.25, -0.2) is 4.79 Å². The Kier molecular flexibility index (Phi) is 7.24. The first kappa shape index (κ1) is 20.9. The molecule has 154 valence electrons. The molecule has 0 radical (unpaired) electrons. The van der Waals surface area contributed by atoms with Crippen LogP contribution in [-0.4, -0.2) is 44.1 Å². The Morgan fingerprint density at radius 3 is 2.14 bits per heavy atom. The molecule has 7 nitrogen and oxygen atoms in total. The highest BCUT2D eigenvalue weighted by molar-refractivity contribution is 7.98. The maximum Gasteiger partial charge on any atom is 0.408 e. The molecule has 0 unspecified atom stereocenters. The summed E-state index contributed by atoms with van der Waals surface area (Å²) in [5.74, 6) is 2.87. The first-order valence-electron chi connectivity index (χ1n) is 9.16. The van der Waals surface area contributed by atoms with Crippen molar-refractivity contribution in [2.24, 2.45) is 0 Å². The zero-order valence-corrected chi connectivity index (χ0v) is 17.2. The highest BCUT2D eigenvalue weighted by Gasteiger charge is 2.40. The third-order valence-corrected chi connectivity index (χ3v) is 5.67. The lowest BCUT2D eigenvalue weighted by atomic mass is 10.0. The Balaban J connectivity index is 1.39.